The van der Waals surface area contributed by atoms with E-state index in [2.05, 4.69) is 310 Å². The zero-order valence-corrected chi connectivity index (χ0v) is 52.7. The second-order valence-electron chi connectivity index (χ2n) is 24.2. The van der Waals surface area contributed by atoms with Crippen molar-refractivity contribution in [1.82, 2.24) is 0 Å². The first kappa shape index (κ1) is 60.2. The number of para-hydroxylation sites is 1. The number of benzene rings is 8. The molecule has 0 fully saturated rings. The minimum Gasteiger partial charge on any atom is -0.310 e. The van der Waals surface area contributed by atoms with Crippen LogP contribution in [0.4, 0.5) is 51.2 Å². The van der Waals surface area contributed by atoms with Crippen molar-refractivity contribution in [2.75, 3.05) is 14.7 Å². The third-order valence-electron chi connectivity index (χ3n) is 17.4. The summed E-state index contributed by atoms with van der Waals surface area (Å²) in [5.74, 6) is 0.524. The normalized spacial score (nSPS) is 15.6. The fourth-order valence-corrected chi connectivity index (χ4v) is 12.8. The molecule has 0 aromatic heterocycles. The summed E-state index contributed by atoms with van der Waals surface area (Å²) >= 11 is 0. The maximum Gasteiger partial charge on any atom is 0.0545 e. The second-order valence-corrected chi connectivity index (χ2v) is 24.2. The molecule has 4 aliphatic rings. The summed E-state index contributed by atoms with van der Waals surface area (Å²) in [6.45, 7) is 38.3. The van der Waals surface area contributed by atoms with Gasteiger partial charge in [0.15, 0.2) is 0 Å². The smallest absolute Gasteiger partial charge is 0.0545 e. The van der Waals surface area contributed by atoms with Crippen LogP contribution in [0.15, 0.2) is 219 Å². The third-order valence-corrected chi connectivity index (χ3v) is 17.4. The lowest BCUT2D eigenvalue weighted by molar-refractivity contribution is 0.567. The van der Waals surface area contributed by atoms with Crippen LogP contribution in [0, 0.1) is 12.8 Å². The van der Waals surface area contributed by atoms with E-state index in [9.17, 15) is 0 Å². The highest BCUT2D eigenvalue weighted by Crippen LogP contribution is 2.67. The van der Waals surface area contributed by atoms with E-state index in [0.717, 1.165) is 47.7 Å². The Bertz CT molecular complexity index is 3800. The van der Waals surface area contributed by atoms with Crippen molar-refractivity contribution >= 4 is 63.3 Å². The van der Waals surface area contributed by atoms with Crippen LogP contribution in [0.3, 0.4) is 0 Å². The van der Waals surface area contributed by atoms with Gasteiger partial charge in [0, 0.05) is 50.4 Å². The molecule has 0 radical (unpaired) electrons. The lowest BCUT2D eigenvalue weighted by atomic mass is 9.60. The predicted octanol–water partition coefficient (Wildman–Crippen LogP) is 23.7. The molecule has 8 aromatic rings. The Morgan fingerprint density at radius 2 is 1.01 bits per heavy atom. The van der Waals surface area contributed by atoms with Gasteiger partial charge >= 0.3 is 0 Å². The van der Waals surface area contributed by atoms with E-state index in [1.54, 1.807) is 6.08 Å². The number of fused-ring (bicyclic) bond motifs is 1. The van der Waals surface area contributed by atoms with E-state index in [0.29, 0.717) is 5.92 Å². The molecule has 0 saturated carbocycles. The Balaban J connectivity index is 0.000000886. The molecule has 0 N–H and O–H groups in total. The van der Waals surface area contributed by atoms with Crippen LogP contribution >= 0.6 is 0 Å². The van der Waals surface area contributed by atoms with E-state index >= 15 is 0 Å². The van der Waals surface area contributed by atoms with Crippen molar-refractivity contribution in [3.63, 3.8) is 0 Å². The van der Waals surface area contributed by atoms with Gasteiger partial charge in [0.2, 0.25) is 0 Å². The SMILES string of the molecule is C/C=C\C=C/c1cc(N(c2ccc(C/C=C\C)cc2)c2cc3c4c(c2)C(C)(C)c2cc(N(c5ccc(-c6ccccc6)cc5)c5ccc6c(c5)C=CC(C)C6)cc5c2N4c2c(cccc2C3(C)C)C5(C)C)ccc1C.C=CC.C=CCC.CC. The molecule has 3 nitrogen and oxygen atoms in total. The van der Waals surface area contributed by atoms with E-state index in [1.165, 1.54) is 95.1 Å². The molecular formula is C81H89N3. The first-order chi connectivity index (χ1) is 40.5. The molecule has 1 unspecified atom stereocenters. The van der Waals surface area contributed by atoms with E-state index < -0.39 is 5.41 Å². The minimum absolute atomic E-state index is 0.305. The van der Waals surface area contributed by atoms with Gasteiger partial charge in [-0.1, -0.05) is 215 Å². The maximum atomic E-state index is 3.48. The second kappa shape index (κ2) is 25.2. The van der Waals surface area contributed by atoms with Gasteiger partial charge in [-0.2, -0.15) is 0 Å². The highest BCUT2D eigenvalue weighted by atomic mass is 15.2. The molecule has 3 heterocycles. The molecule has 0 amide bonds. The first-order valence-electron chi connectivity index (χ1n) is 30.7. The molecule has 84 heavy (non-hydrogen) atoms. The first-order valence-corrected chi connectivity index (χ1v) is 30.7. The fourth-order valence-electron chi connectivity index (χ4n) is 12.8. The average Bonchev–Trinajstić information content (AvgIpc) is 0.712. The van der Waals surface area contributed by atoms with E-state index in [4.69, 9.17) is 0 Å². The van der Waals surface area contributed by atoms with Crippen molar-refractivity contribution in [1.29, 1.82) is 0 Å². The quantitative estimate of drug-likeness (QED) is 0.0892. The summed E-state index contributed by atoms with van der Waals surface area (Å²) in [6, 6.07) is 60.5. The molecule has 1 atom stereocenters. The van der Waals surface area contributed by atoms with Gasteiger partial charge < -0.3 is 14.7 Å². The van der Waals surface area contributed by atoms with Gasteiger partial charge in [-0.3, -0.25) is 0 Å². The molecular weight excluding hydrogens is 1010 g/mol. The van der Waals surface area contributed by atoms with Crippen molar-refractivity contribution in [2.24, 2.45) is 5.92 Å². The molecule has 3 heteroatoms. The van der Waals surface area contributed by atoms with Crippen LogP contribution in [0.5, 0.6) is 0 Å². The van der Waals surface area contributed by atoms with Gasteiger partial charge in [-0.05, 0) is 198 Å². The number of nitrogens with zero attached hydrogens (tertiary/aromatic N) is 3. The molecule has 428 valence electrons. The monoisotopic (exact) mass is 1100 g/mol. The molecule has 0 saturated heterocycles. The van der Waals surface area contributed by atoms with E-state index in [1.807, 2.05) is 26.8 Å². The summed E-state index contributed by atoms with van der Waals surface area (Å²) in [6.07, 6.45) is 24.3. The number of hydrogen-bond acceptors (Lipinski definition) is 3. The lowest BCUT2D eigenvalue weighted by Gasteiger charge is -2.55. The number of rotatable bonds is 12. The number of aryl methyl sites for hydroxylation is 1. The molecule has 1 aliphatic carbocycles. The Labute approximate surface area is 505 Å². The standard InChI is InChI=1S/C72H69N3.C4H8.C3H6.C2H6/c1-11-13-16-23-52-41-57(34-27-48(52)4)73(55-35-28-49(29-36-55)20-14-12-2)59-43-63-68-65(45-59)72(9,10)66-46-60(44-64-69(66)75(68)67-61(70(63,5)6)24-19-25-62(67)71(64,7)8)74(58-39-33-53-40-47(3)26-30-54(53)42-58)56-37-31-51(32-38-56)50-21-17-15-18-22-50;1-3-4-2;1-3-2;1-2/h11-19,21-39,41-47H,20,40H2,1-10H3;3H,1,4H2,2H3;3H,1H2,2H3;1-2H3/b13-11-,14-12-,23-16-;;;. The number of anilines is 9. The van der Waals surface area contributed by atoms with Gasteiger partial charge in [0.25, 0.3) is 0 Å². The van der Waals surface area contributed by atoms with Crippen LogP contribution in [0.25, 0.3) is 23.3 Å². The predicted molar refractivity (Wildman–Crippen MR) is 369 cm³/mol. The Morgan fingerprint density at radius 1 is 0.536 bits per heavy atom. The summed E-state index contributed by atoms with van der Waals surface area (Å²) in [4.78, 5) is 7.73. The van der Waals surface area contributed by atoms with Crippen molar-refractivity contribution in [2.45, 2.75) is 132 Å². The molecule has 12 rings (SSSR count). The van der Waals surface area contributed by atoms with Crippen LogP contribution in [0.1, 0.15) is 158 Å². The average molecular weight is 1100 g/mol. The van der Waals surface area contributed by atoms with Crippen LogP contribution in [-0.4, -0.2) is 0 Å². The zero-order valence-electron chi connectivity index (χ0n) is 52.7. The van der Waals surface area contributed by atoms with Crippen LogP contribution in [0.2, 0.25) is 0 Å². The van der Waals surface area contributed by atoms with Crippen LogP contribution < -0.4 is 14.7 Å². The molecule has 0 spiro atoms. The Morgan fingerprint density at radius 3 is 1.54 bits per heavy atom. The molecule has 8 aromatic carbocycles. The summed E-state index contributed by atoms with van der Waals surface area (Å²) in [5, 5.41) is 0. The zero-order chi connectivity index (χ0) is 60.1. The largest absolute Gasteiger partial charge is 0.310 e. The molecule has 0 bridgehead atoms. The topological polar surface area (TPSA) is 9.72 Å². The van der Waals surface area contributed by atoms with Gasteiger partial charge in [0.05, 0.1) is 17.1 Å². The van der Waals surface area contributed by atoms with Crippen molar-refractivity contribution < 1.29 is 0 Å². The van der Waals surface area contributed by atoms with Gasteiger partial charge in [0.1, 0.15) is 0 Å². The van der Waals surface area contributed by atoms with Gasteiger partial charge in [-0.25, -0.2) is 0 Å². The highest BCUT2D eigenvalue weighted by Gasteiger charge is 2.52. The van der Waals surface area contributed by atoms with E-state index in [-0.39, 0.29) is 10.8 Å². The molecule has 3 aliphatic heterocycles. The summed E-state index contributed by atoms with van der Waals surface area (Å²) in [7, 11) is 0. The van der Waals surface area contributed by atoms with Gasteiger partial charge in [-0.15, -0.1) is 13.2 Å². The number of allylic oxidation sites excluding steroid dienone is 8. The highest BCUT2D eigenvalue weighted by molar-refractivity contribution is 6.01. The fraction of sp³-hybridized carbons (Fsp3) is 0.259. The third kappa shape index (κ3) is 11.1. The number of hydrogen-bond donors (Lipinski definition) is 0. The Hall–Kier alpha value is -8.40. The van der Waals surface area contributed by atoms with Crippen LogP contribution in [-0.2, 0) is 29.1 Å². The van der Waals surface area contributed by atoms with Crippen molar-refractivity contribution in [3.8, 4) is 11.1 Å². The summed E-state index contributed by atoms with van der Waals surface area (Å²) < 4.78 is 0. The summed E-state index contributed by atoms with van der Waals surface area (Å²) in [5.41, 5.74) is 26.8. The Kier molecular flexibility index (Phi) is 18.1. The van der Waals surface area contributed by atoms with Crippen molar-refractivity contribution in [3.05, 3.63) is 281 Å². The lowest BCUT2D eigenvalue weighted by Crippen LogP contribution is -2.44. The minimum atomic E-state index is -0.417. The maximum absolute atomic E-state index is 3.48.